The van der Waals surface area contributed by atoms with E-state index in [2.05, 4.69) is 29.8 Å². The van der Waals surface area contributed by atoms with Crippen LogP contribution in [0.2, 0.25) is 0 Å². The topological polar surface area (TPSA) is 30.5 Å². The van der Waals surface area contributed by atoms with Crippen molar-refractivity contribution in [3.63, 3.8) is 0 Å². The molecular formula is C16H21NO2S. The van der Waals surface area contributed by atoms with Gasteiger partial charge in [0.2, 0.25) is 0 Å². The second kappa shape index (κ2) is 7.31. The number of hydrogen-bond acceptors (Lipinski definition) is 4. The summed E-state index contributed by atoms with van der Waals surface area (Å²) in [4.78, 5) is 1.41. The standard InChI is InChI=1S/C16H21NO2S/c1-12(9-15-5-4-8-20-15)17-11-13-10-14(18-2)6-7-16(13)19-3/h4-8,10,12,17H,9,11H2,1-3H3. The molecule has 3 nitrogen and oxygen atoms in total. The third-order valence-electron chi connectivity index (χ3n) is 3.22. The average Bonchev–Trinajstić information content (AvgIpc) is 2.97. The van der Waals surface area contributed by atoms with E-state index in [0.29, 0.717) is 6.04 Å². The Labute approximate surface area is 124 Å². The van der Waals surface area contributed by atoms with E-state index in [1.807, 2.05) is 18.2 Å². The first-order chi connectivity index (χ1) is 9.72. The van der Waals surface area contributed by atoms with Crippen molar-refractivity contribution in [2.45, 2.75) is 25.9 Å². The Morgan fingerprint density at radius 3 is 2.70 bits per heavy atom. The molecule has 0 spiro atoms. The Bertz CT molecular complexity index is 525. The molecule has 1 aromatic heterocycles. The molecule has 20 heavy (non-hydrogen) atoms. The molecule has 4 heteroatoms. The number of rotatable bonds is 7. The number of hydrogen-bond donors (Lipinski definition) is 1. The zero-order chi connectivity index (χ0) is 14.4. The lowest BCUT2D eigenvalue weighted by Gasteiger charge is -2.15. The van der Waals surface area contributed by atoms with Gasteiger partial charge in [-0.25, -0.2) is 0 Å². The minimum Gasteiger partial charge on any atom is -0.497 e. The largest absolute Gasteiger partial charge is 0.497 e. The fraction of sp³-hybridized carbons (Fsp3) is 0.375. The summed E-state index contributed by atoms with van der Waals surface area (Å²) in [6.07, 6.45) is 1.05. The van der Waals surface area contributed by atoms with E-state index in [9.17, 15) is 0 Å². The van der Waals surface area contributed by atoms with Crippen LogP contribution in [0.5, 0.6) is 11.5 Å². The summed E-state index contributed by atoms with van der Waals surface area (Å²) in [6, 6.07) is 10.6. The zero-order valence-corrected chi connectivity index (χ0v) is 13.0. The van der Waals surface area contributed by atoms with Crippen molar-refractivity contribution >= 4 is 11.3 Å². The third-order valence-corrected chi connectivity index (χ3v) is 4.11. The fourth-order valence-electron chi connectivity index (χ4n) is 2.11. The van der Waals surface area contributed by atoms with Crippen LogP contribution < -0.4 is 14.8 Å². The van der Waals surface area contributed by atoms with Gasteiger partial charge in [-0.1, -0.05) is 6.07 Å². The first-order valence-corrected chi connectivity index (χ1v) is 7.57. The van der Waals surface area contributed by atoms with Gasteiger partial charge in [-0.2, -0.15) is 0 Å². The van der Waals surface area contributed by atoms with Gasteiger partial charge in [0.15, 0.2) is 0 Å². The summed E-state index contributed by atoms with van der Waals surface area (Å²) in [7, 11) is 3.37. The summed E-state index contributed by atoms with van der Waals surface area (Å²) in [5.41, 5.74) is 1.12. The number of thiophene rings is 1. The number of ether oxygens (including phenoxy) is 2. The first kappa shape index (κ1) is 14.9. The molecule has 0 saturated heterocycles. The Kier molecular flexibility index (Phi) is 5.44. The van der Waals surface area contributed by atoms with E-state index in [4.69, 9.17) is 9.47 Å². The molecule has 0 aliphatic heterocycles. The fourth-order valence-corrected chi connectivity index (χ4v) is 2.94. The molecule has 1 N–H and O–H groups in total. The van der Waals surface area contributed by atoms with E-state index in [1.54, 1.807) is 25.6 Å². The SMILES string of the molecule is COc1ccc(OC)c(CNC(C)Cc2cccs2)c1. The summed E-state index contributed by atoms with van der Waals surface area (Å²) in [6.45, 7) is 2.97. The van der Waals surface area contributed by atoms with Crippen molar-refractivity contribution in [3.8, 4) is 11.5 Å². The van der Waals surface area contributed by atoms with Crippen LogP contribution in [-0.4, -0.2) is 20.3 Å². The minimum atomic E-state index is 0.421. The number of methoxy groups -OCH3 is 2. The lowest BCUT2D eigenvalue weighted by molar-refractivity contribution is 0.395. The maximum Gasteiger partial charge on any atom is 0.123 e. The molecular weight excluding hydrogens is 270 g/mol. The highest BCUT2D eigenvalue weighted by molar-refractivity contribution is 7.09. The van der Waals surface area contributed by atoms with Crippen molar-refractivity contribution in [1.29, 1.82) is 0 Å². The van der Waals surface area contributed by atoms with Gasteiger partial charge in [0.25, 0.3) is 0 Å². The van der Waals surface area contributed by atoms with Gasteiger partial charge in [-0.3, -0.25) is 0 Å². The molecule has 0 aliphatic rings. The van der Waals surface area contributed by atoms with Crippen LogP contribution >= 0.6 is 11.3 Å². The van der Waals surface area contributed by atoms with Crippen LogP contribution in [-0.2, 0) is 13.0 Å². The lowest BCUT2D eigenvalue weighted by atomic mass is 10.1. The predicted molar refractivity (Wildman–Crippen MR) is 83.9 cm³/mol. The third kappa shape index (κ3) is 3.99. The molecule has 0 aliphatic carbocycles. The molecule has 0 amide bonds. The number of nitrogens with one attached hydrogen (secondary N) is 1. The van der Waals surface area contributed by atoms with E-state index in [1.165, 1.54) is 4.88 Å². The molecule has 1 aromatic carbocycles. The monoisotopic (exact) mass is 291 g/mol. The maximum absolute atomic E-state index is 5.39. The maximum atomic E-state index is 5.39. The van der Waals surface area contributed by atoms with Crippen molar-refractivity contribution in [2.75, 3.05) is 14.2 Å². The molecule has 1 unspecified atom stereocenters. The highest BCUT2D eigenvalue weighted by Gasteiger charge is 2.08. The van der Waals surface area contributed by atoms with Crippen LogP contribution in [0.3, 0.4) is 0 Å². The van der Waals surface area contributed by atoms with Gasteiger partial charge in [0.05, 0.1) is 14.2 Å². The Hall–Kier alpha value is -1.52. The normalized spacial score (nSPS) is 12.2. The van der Waals surface area contributed by atoms with Crippen molar-refractivity contribution < 1.29 is 9.47 Å². The summed E-state index contributed by atoms with van der Waals surface area (Å²) < 4.78 is 10.7. The zero-order valence-electron chi connectivity index (χ0n) is 12.2. The van der Waals surface area contributed by atoms with Crippen LogP contribution in [0.4, 0.5) is 0 Å². The Morgan fingerprint density at radius 1 is 1.20 bits per heavy atom. The summed E-state index contributed by atoms with van der Waals surface area (Å²) >= 11 is 1.80. The van der Waals surface area contributed by atoms with Gasteiger partial charge in [0.1, 0.15) is 11.5 Å². The van der Waals surface area contributed by atoms with Crippen LogP contribution in [0.15, 0.2) is 35.7 Å². The Balaban J connectivity index is 1.95. The molecule has 0 fully saturated rings. The highest BCUT2D eigenvalue weighted by Crippen LogP contribution is 2.24. The van der Waals surface area contributed by atoms with E-state index in [-0.39, 0.29) is 0 Å². The average molecular weight is 291 g/mol. The summed E-state index contributed by atoms with van der Waals surface area (Å²) in [5, 5.41) is 5.65. The van der Waals surface area contributed by atoms with Crippen molar-refractivity contribution in [2.24, 2.45) is 0 Å². The van der Waals surface area contributed by atoms with Crippen molar-refractivity contribution in [1.82, 2.24) is 5.32 Å². The van der Waals surface area contributed by atoms with Crippen LogP contribution in [0, 0.1) is 0 Å². The quantitative estimate of drug-likeness (QED) is 0.847. The van der Waals surface area contributed by atoms with Gasteiger partial charge in [-0.15, -0.1) is 11.3 Å². The van der Waals surface area contributed by atoms with Gasteiger partial charge in [-0.05, 0) is 43.0 Å². The van der Waals surface area contributed by atoms with E-state index in [0.717, 1.165) is 30.0 Å². The van der Waals surface area contributed by atoms with Gasteiger partial charge in [0, 0.05) is 23.0 Å². The van der Waals surface area contributed by atoms with Crippen molar-refractivity contribution in [3.05, 3.63) is 46.2 Å². The summed E-state index contributed by atoms with van der Waals surface area (Å²) in [5.74, 6) is 1.75. The second-order valence-electron chi connectivity index (χ2n) is 4.74. The highest BCUT2D eigenvalue weighted by atomic mass is 32.1. The smallest absolute Gasteiger partial charge is 0.123 e. The molecule has 1 heterocycles. The number of benzene rings is 1. The second-order valence-corrected chi connectivity index (χ2v) is 5.78. The van der Waals surface area contributed by atoms with Crippen LogP contribution in [0.1, 0.15) is 17.4 Å². The molecule has 108 valence electrons. The molecule has 0 radical (unpaired) electrons. The molecule has 0 saturated carbocycles. The molecule has 1 atom stereocenters. The molecule has 0 bridgehead atoms. The minimum absolute atomic E-state index is 0.421. The lowest BCUT2D eigenvalue weighted by Crippen LogP contribution is -2.27. The first-order valence-electron chi connectivity index (χ1n) is 6.69. The van der Waals surface area contributed by atoms with E-state index < -0.39 is 0 Å². The van der Waals surface area contributed by atoms with E-state index >= 15 is 0 Å². The predicted octanol–water partition coefficient (Wildman–Crippen LogP) is 3.49. The van der Waals surface area contributed by atoms with Gasteiger partial charge < -0.3 is 14.8 Å². The Morgan fingerprint density at radius 2 is 2.05 bits per heavy atom. The molecule has 2 aromatic rings. The molecule has 2 rings (SSSR count). The van der Waals surface area contributed by atoms with Crippen LogP contribution in [0.25, 0.3) is 0 Å². The van der Waals surface area contributed by atoms with Gasteiger partial charge >= 0.3 is 0 Å².